The van der Waals surface area contributed by atoms with E-state index >= 15 is 0 Å². The fourth-order valence-electron chi connectivity index (χ4n) is 1.17. The molecule has 4 heteroatoms. The first-order valence-electron chi connectivity index (χ1n) is 4.94. The minimum Gasteiger partial charge on any atom is -0.117 e. The fraction of sp³-hybridized carbons (Fsp3) is 0.800. The minimum atomic E-state index is -0.233. The zero-order chi connectivity index (χ0) is 11.0. The van der Waals surface area contributed by atoms with E-state index in [4.69, 9.17) is 46.4 Å². The van der Waals surface area contributed by atoms with Crippen LogP contribution in [0, 0.1) is 0 Å². The molecule has 0 bridgehead atoms. The Bertz CT molecular complexity index is 173. The van der Waals surface area contributed by atoms with Crippen LogP contribution in [0.2, 0.25) is 0 Å². The van der Waals surface area contributed by atoms with E-state index in [1.165, 1.54) is 25.7 Å². The number of hydrogen-bond donors (Lipinski definition) is 0. The number of halogens is 4. The molecule has 0 aliphatic carbocycles. The largest absolute Gasteiger partial charge is 0.122 e. The van der Waals surface area contributed by atoms with Gasteiger partial charge in [-0.15, -0.1) is 11.6 Å². The van der Waals surface area contributed by atoms with Crippen molar-refractivity contribution in [3.8, 4) is 0 Å². The third-order valence-electron chi connectivity index (χ3n) is 2.02. The summed E-state index contributed by atoms with van der Waals surface area (Å²) in [6.07, 6.45) is 6.90. The molecule has 0 heterocycles. The van der Waals surface area contributed by atoms with Crippen LogP contribution in [0.3, 0.4) is 0 Å². The third kappa shape index (κ3) is 7.23. The Morgan fingerprint density at radius 2 is 1.57 bits per heavy atom. The van der Waals surface area contributed by atoms with Gasteiger partial charge in [-0.3, -0.25) is 0 Å². The second kappa shape index (κ2) is 9.15. The minimum absolute atomic E-state index is 0.0835. The van der Waals surface area contributed by atoms with E-state index in [1.54, 1.807) is 0 Å². The van der Waals surface area contributed by atoms with Gasteiger partial charge >= 0.3 is 0 Å². The molecular weight excluding hydrogens is 262 g/mol. The standard InChI is InChI=1S/C10H16Cl4/c1-2-3-4-5-6-7-8(11)9(12)10(13)14/h8H,2-7H2,1H3. The summed E-state index contributed by atoms with van der Waals surface area (Å²) in [5.74, 6) is 0. The third-order valence-corrected chi connectivity index (χ3v) is 3.62. The molecular formula is C10H16Cl4. The summed E-state index contributed by atoms with van der Waals surface area (Å²) in [5, 5.41) is 0.133. The van der Waals surface area contributed by atoms with Crippen molar-refractivity contribution >= 4 is 46.4 Å². The smallest absolute Gasteiger partial charge is 0.117 e. The first-order chi connectivity index (χ1) is 6.59. The Morgan fingerprint density at radius 3 is 2.07 bits per heavy atom. The van der Waals surface area contributed by atoms with Gasteiger partial charge in [0, 0.05) is 0 Å². The van der Waals surface area contributed by atoms with Gasteiger partial charge in [0.2, 0.25) is 0 Å². The summed E-state index contributed by atoms with van der Waals surface area (Å²) < 4.78 is 0.0835. The summed E-state index contributed by atoms with van der Waals surface area (Å²) in [6.45, 7) is 2.19. The summed E-state index contributed by atoms with van der Waals surface area (Å²) in [4.78, 5) is 0. The van der Waals surface area contributed by atoms with Crippen molar-refractivity contribution in [1.29, 1.82) is 0 Å². The second-order valence-corrected chi connectivity index (χ2v) is 5.16. The maximum absolute atomic E-state index is 5.98. The van der Waals surface area contributed by atoms with E-state index in [0.29, 0.717) is 5.03 Å². The first kappa shape index (κ1) is 14.9. The molecule has 0 aliphatic heterocycles. The van der Waals surface area contributed by atoms with Crippen molar-refractivity contribution in [2.75, 3.05) is 0 Å². The summed E-state index contributed by atoms with van der Waals surface area (Å²) in [6, 6.07) is 0. The summed E-state index contributed by atoms with van der Waals surface area (Å²) >= 11 is 22.8. The Morgan fingerprint density at radius 1 is 1.00 bits per heavy atom. The first-order valence-corrected chi connectivity index (χ1v) is 6.51. The van der Waals surface area contributed by atoms with Crippen molar-refractivity contribution in [2.45, 2.75) is 50.8 Å². The molecule has 0 spiro atoms. The molecule has 0 aliphatic rings. The molecule has 0 N–H and O–H groups in total. The molecule has 0 amide bonds. The molecule has 14 heavy (non-hydrogen) atoms. The molecule has 1 atom stereocenters. The molecule has 0 radical (unpaired) electrons. The van der Waals surface area contributed by atoms with E-state index in [2.05, 4.69) is 6.92 Å². The molecule has 0 aromatic carbocycles. The monoisotopic (exact) mass is 276 g/mol. The fourth-order valence-corrected chi connectivity index (χ4v) is 1.92. The Balaban J connectivity index is 3.54. The molecule has 84 valence electrons. The van der Waals surface area contributed by atoms with Crippen LogP contribution in [0.4, 0.5) is 0 Å². The maximum atomic E-state index is 5.98. The lowest BCUT2D eigenvalue weighted by Gasteiger charge is -2.07. The number of alkyl halides is 1. The lowest BCUT2D eigenvalue weighted by molar-refractivity contribution is 0.612. The summed E-state index contributed by atoms with van der Waals surface area (Å²) in [5.41, 5.74) is 0. The van der Waals surface area contributed by atoms with E-state index in [0.717, 1.165) is 12.8 Å². The summed E-state index contributed by atoms with van der Waals surface area (Å²) in [7, 11) is 0. The average Bonchev–Trinajstić information content (AvgIpc) is 2.16. The molecule has 0 aromatic heterocycles. The van der Waals surface area contributed by atoms with E-state index in [9.17, 15) is 0 Å². The molecule has 0 saturated carbocycles. The van der Waals surface area contributed by atoms with Crippen LogP contribution >= 0.6 is 46.4 Å². The van der Waals surface area contributed by atoms with Crippen molar-refractivity contribution in [1.82, 2.24) is 0 Å². The topological polar surface area (TPSA) is 0 Å². The Hall–Kier alpha value is 0.900. The molecule has 0 fully saturated rings. The lowest BCUT2D eigenvalue weighted by Crippen LogP contribution is -1.98. The average molecular weight is 278 g/mol. The van der Waals surface area contributed by atoms with Gasteiger partial charge in [0.25, 0.3) is 0 Å². The highest BCUT2D eigenvalue weighted by atomic mass is 35.5. The Labute approximate surface area is 107 Å². The van der Waals surface area contributed by atoms with Crippen LogP contribution in [-0.4, -0.2) is 5.38 Å². The number of unbranched alkanes of at least 4 members (excludes halogenated alkanes) is 4. The van der Waals surface area contributed by atoms with Crippen molar-refractivity contribution in [3.63, 3.8) is 0 Å². The van der Waals surface area contributed by atoms with Gasteiger partial charge in [-0.05, 0) is 6.42 Å². The van der Waals surface area contributed by atoms with E-state index < -0.39 is 0 Å². The molecule has 1 unspecified atom stereocenters. The van der Waals surface area contributed by atoms with Gasteiger partial charge in [0.1, 0.15) is 4.49 Å². The SMILES string of the molecule is CCCCCCCC(Cl)C(Cl)=C(Cl)Cl. The van der Waals surface area contributed by atoms with E-state index in [1.807, 2.05) is 0 Å². The number of rotatable bonds is 7. The predicted molar refractivity (Wildman–Crippen MR) is 67.6 cm³/mol. The second-order valence-electron chi connectivity index (χ2n) is 3.28. The highest BCUT2D eigenvalue weighted by molar-refractivity contribution is 6.60. The normalized spacial score (nSPS) is 12.6. The van der Waals surface area contributed by atoms with Crippen LogP contribution in [0.5, 0.6) is 0 Å². The van der Waals surface area contributed by atoms with Gasteiger partial charge in [0.15, 0.2) is 0 Å². The van der Waals surface area contributed by atoms with Crippen LogP contribution < -0.4 is 0 Å². The molecule has 0 aromatic rings. The van der Waals surface area contributed by atoms with Crippen molar-refractivity contribution in [2.24, 2.45) is 0 Å². The van der Waals surface area contributed by atoms with E-state index in [-0.39, 0.29) is 9.87 Å². The van der Waals surface area contributed by atoms with Crippen LogP contribution in [0.25, 0.3) is 0 Å². The zero-order valence-corrected chi connectivity index (χ0v) is 11.4. The van der Waals surface area contributed by atoms with Gasteiger partial charge in [-0.2, -0.15) is 0 Å². The van der Waals surface area contributed by atoms with Gasteiger partial charge in [-0.1, -0.05) is 73.8 Å². The van der Waals surface area contributed by atoms with Crippen LogP contribution in [0.1, 0.15) is 45.4 Å². The molecule has 0 saturated heterocycles. The lowest BCUT2D eigenvalue weighted by atomic mass is 10.1. The van der Waals surface area contributed by atoms with Crippen molar-refractivity contribution < 1.29 is 0 Å². The number of hydrogen-bond acceptors (Lipinski definition) is 0. The number of allylic oxidation sites excluding steroid dienone is 1. The highest BCUT2D eigenvalue weighted by Crippen LogP contribution is 2.27. The zero-order valence-electron chi connectivity index (χ0n) is 8.33. The van der Waals surface area contributed by atoms with Crippen LogP contribution in [-0.2, 0) is 0 Å². The van der Waals surface area contributed by atoms with Crippen LogP contribution in [0.15, 0.2) is 9.52 Å². The molecule has 0 rings (SSSR count). The molecule has 0 nitrogen and oxygen atoms in total. The maximum Gasteiger partial charge on any atom is 0.122 e. The predicted octanol–water partition coefficient (Wildman–Crippen LogP) is 5.84. The van der Waals surface area contributed by atoms with Crippen molar-refractivity contribution in [3.05, 3.63) is 9.52 Å². The van der Waals surface area contributed by atoms with Gasteiger partial charge < -0.3 is 0 Å². The Kier molecular flexibility index (Phi) is 9.74. The van der Waals surface area contributed by atoms with Gasteiger partial charge in [0.05, 0.1) is 10.4 Å². The highest BCUT2D eigenvalue weighted by Gasteiger charge is 2.11. The van der Waals surface area contributed by atoms with Gasteiger partial charge in [-0.25, -0.2) is 0 Å². The quantitative estimate of drug-likeness (QED) is 0.405.